The van der Waals surface area contributed by atoms with Gasteiger partial charge in [0.1, 0.15) is 11.6 Å². The Morgan fingerprint density at radius 3 is 2.91 bits per heavy atom. The van der Waals surface area contributed by atoms with Gasteiger partial charge in [0.25, 0.3) is 5.91 Å². The van der Waals surface area contributed by atoms with Gasteiger partial charge in [-0.05, 0) is 50.5 Å². The molecule has 3 rings (SSSR count). The number of carbonyl (C=O) groups excluding carboxylic acids is 1. The molecule has 0 bridgehead atoms. The molecule has 1 N–H and O–H groups in total. The highest BCUT2D eigenvalue weighted by Gasteiger charge is 2.18. The molecule has 6 nitrogen and oxygen atoms in total. The molecule has 1 fully saturated rings. The van der Waals surface area contributed by atoms with E-state index < -0.39 is 0 Å². The number of carbonyl (C=O) groups is 1. The first-order chi connectivity index (χ1) is 11.1. The van der Waals surface area contributed by atoms with Crippen LogP contribution in [0.1, 0.15) is 35.7 Å². The van der Waals surface area contributed by atoms with Gasteiger partial charge in [0.2, 0.25) is 5.82 Å². The van der Waals surface area contributed by atoms with Crippen LogP contribution in [0, 0.1) is 12.7 Å². The lowest BCUT2D eigenvalue weighted by Crippen LogP contribution is -2.28. The second kappa shape index (κ2) is 6.87. The molecule has 0 spiro atoms. The summed E-state index contributed by atoms with van der Waals surface area (Å²) in [5.74, 6) is 0.0469. The first-order valence-electron chi connectivity index (χ1n) is 7.73. The quantitative estimate of drug-likeness (QED) is 0.915. The van der Waals surface area contributed by atoms with Crippen molar-refractivity contribution in [2.24, 2.45) is 0 Å². The van der Waals surface area contributed by atoms with E-state index in [1.807, 2.05) is 0 Å². The van der Waals surface area contributed by atoms with Crippen LogP contribution in [0.5, 0.6) is 0 Å². The van der Waals surface area contributed by atoms with Gasteiger partial charge in [0.15, 0.2) is 0 Å². The monoisotopic (exact) mass is 318 g/mol. The zero-order valence-electron chi connectivity index (χ0n) is 13.0. The Balaban J connectivity index is 1.62. The number of rotatable bonds is 5. The molecule has 1 aromatic carbocycles. The maximum Gasteiger partial charge on any atom is 0.290 e. The van der Waals surface area contributed by atoms with Crippen LogP contribution >= 0.6 is 0 Å². The lowest BCUT2D eigenvalue weighted by molar-refractivity contribution is 0.0899. The van der Waals surface area contributed by atoms with E-state index in [4.69, 9.17) is 4.74 Å². The van der Waals surface area contributed by atoms with Gasteiger partial charge in [-0.25, -0.2) is 14.1 Å². The van der Waals surface area contributed by atoms with Crippen molar-refractivity contribution < 1.29 is 13.9 Å². The molecule has 0 aliphatic carbocycles. The Kier molecular flexibility index (Phi) is 4.66. The number of aryl methyl sites for hydroxylation is 1. The second-order valence-corrected chi connectivity index (χ2v) is 5.55. The van der Waals surface area contributed by atoms with Gasteiger partial charge < -0.3 is 10.1 Å². The number of aromatic nitrogens is 3. The molecule has 1 unspecified atom stereocenters. The summed E-state index contributed by atoms with van der Waals surface area (Å²) in [6, 6.07) is 5.88. The van der Waals surface area contributed by atoms with E-state index in [2.05, 4.69) is 15.4 Å². The Morgan fingerprint density at radius 1 is 1.43 bits per heavy atom. The normalized spacial score (nSPS) is 17.4. The highest BCUT2D eigenvalue weighted by atomic mass is 19.1. The third-order valence-electron chi connectivity index (χ3n) is 3.82. The summed E-state index contributed by atoms with van der Waals surface area (Å²) in [6.07, 6.45) is 3.17. The second-order valence-electron chi connectivity index (χ2n) is 5.55. The molecule has 0 saturated carbocycles. The van der Waals surface area contributed by atoms with Crippen LogP contribution < -0.4 is 5.32 Å². The summed E-state index contributed by atoms with van der Waals surface area (Å²) in [5.41, 5.74) is 0.662. The molecule has 1 aliphatic rings. The predicted octanol–water partition coefficient (Wildman–Crippen LogP) is 2.01. The average Bonchev–Trinajstić information content (AvgIpc) is 3.18. The highest BCUT2D eigenvalue weighted by Crippen LogP contribution is 2.14. The molecule has 2 aromatic rings. The number of hydrogen-bond acceptors (Lipinski definition) is 4. The highest BCUT2D eigenvalue weighted by molar-refractivity contribution is 5.90. The minimum atomic E-state index is -0.321. The van der Waals surface area contributed by atoms with Crippen molar-refractivity contribution in [3.63, 3.8) is 0 Å². The van der Waals surface area contributed by atoms with Crippen molar-refractivity contribution in [3.05, 3.63) is 41.7 Å². The summed E-state index contributed by atoms with van der Waals surface area (Å²) in [5, 5.41) is 7.01. The van der Waals surface area contributed by atoms with E-state index in [1.165, 1.54) is 16.8 Å². The Morgan fingerprint density at radius 2 is 2.22 bits per heavy atom. The summed E-state index contributed by atoms with van der Waals surface area (Å²) in [4.78, 5) is 16.3. The van der Waals surface area contributed by atoms with E-state index in [0.29, 0.717) is 18.1 Å². The number of nitrogens with zero attached hydrogens (tertiary/aromatic N) is 3. The fraction of sp³-hybridized carbons (Fsp3) is 0.438. The molecule has 7 heteroatoms. The molecule has 1 aromatic heterocycles. The standard InChI is InChI=1S/C16H19FN4O2/c1-11-19-15(16(22)18-9-8-14-3-2-10-23-14)20-21(11)13-6-4-12(17)5-7-13/h4-7,14H,2-3,8-10H2,1H3,(H,18,22). The van der Waals surface area contributed by atoms with E-state index >= 15 is 0 Å². The third kappa shape index (κ3) is 3.73. The fourth-order valence-corrected chi connectivity index (χ4v) is 2.61. The van der Waals surface area contributed by atoms with Crippen molar-refractivity contribution in [3.8, 4) is 5.69 Å². The Bertz CT molecular complexity index is 678. The topological polar surface area (TPSA) is 69.0 Å². The molecule has 2 heterocycles. The van der Waals surface area contributed by atoms with Gasteiger partial charge in [-0.2, -0.15) is 0 Å². The maximum atomic E-state index is 13.0. The van der Waals surface area contributed by atoms with Crippen LogP contribution in [0.2, 0.25) is 0 Å². The number of halogens is 1. The van der Waals surface area contributed by atoms with Crippen molar-refractivity contribution in [2.75, 3.05) is 13.2 Å². The van der Waals surface area contributed by atoms with Crippen molar-refractivity contribution in [2.45, 2.75) is 32.3 Å². The summed E-state index contributed by atoms with van der Waals surface area (Å²) >= 11 is 0. The van der Waals surface area contributed by atoms with Gasteiger partial charge in [-0.1, -0.05) is 0 Å². The Hall–Kier alpha value is -2.28. The molecule has 122 valence electrons. The van der Waals surface area contributed by atoms with Crippen LogP contribution in [0.4, 0.5) is 4.39 Å². The predicted molar refractivity (Wildman–Crippen MR) is 82.0 cm³/mol. The van der Waals surface area contributed by atoms with Crippen molar-refractivity contribution in [1.29, 1.82) is 0 Å². The first-order valence-corrected chi connectivity index (χ1v) is 7.73. The molecule has 1 atom stereocenters. The minimum absolute atomic E-state index is 0.110. The summed E-state index contributed by atoms with van der Waals surface area (Å²) in [6.45, 7) is 3.09. The lowest BCUT2D eigenvalue weighted by Gasteiger charge is -2.08. The van der Waals surface area contributed by atoms with Gasteiger partial charge in [0, 0.05) is 13.2 Å². The van der Waals surface area contributed by atoms with Crippen LogP contribution in [0.3, 0.4) is 0 Å². The van der Waals surface area contributed by atoms with Crippen LogP contribution in [-0.4, -0.2) is 39.9 Å². The van der Waals surface area contributed by atoms with E-state index in [-0.39, 0.29) is 23.7 Å². The number of benzene rings is 1. The average molecular weight is 318 g/mol. The van der Waals surface area contributed by atoms with Crippen LogP contribution in [0.25, 0.3) is 5.69 Å². The van der Waals surface area contributed by atoms with Gasteiger partial charge in [-0.3, -0.25) is 4.79 Å². The third-order valence-corrected chi connectivity index (χ3v) is 3.82. The maximum absolute atomic E-state index is 13.0. The van der Waals surface area contributed by atoms with Gasteiger partial charge >= 0.3 is 0 Å². The van der Waals surface area contributed by atoms with Crippen molar-refractivity contribution >= 4 is 5.91 Å². The number of hydrogen-bond donors (Lipinski definition) is 1. The Labute approximate surface area is 133 Å². The fourth-order valence-electron chi connectivity index (χ4n) is 2.61. The molecule has 1 amide bonds. The van der Waals surface area contributed by atoms with Crippen LogP contribution in [-0.2, 0) is 4.74 Å². The zero-order chi connectivity index (χ0) is 16.2. The molecular weight excluding hydrogens is 299 g/mol. The van der Waals surface area contributed by atoms with Gasteiger partial charge in [0.05, 0.1) is 11.8 Å². The molecule has 1 aliphatic heterocycles. The first kappa shape index (κ1) is 15.6. The molecule has 23 heavy (non-hydrogen) atoms. The van der Waals surface area contributed by atoms with Crippen molar-refractivity contribution in [1.82, 2.24) is 20.1 Å². The number of nitrogens with one attached hydrogen (secondary N) is 1. The number of amides is 1. The van der Waals surface area contributed by atoms with Crippen LogP contribution in [0.15, 0.2) is 24.3 Å². The zero-order valence-corrected chi connectivity index (χ0v) is 13.0. The molecular formula is C16H19FN4O2. The smallest absolute Gasteiger partial charge is 0.290 e. The molecule has 1 saturated heterocycles. The van der Waals surface area contributed by atoms with E-state index in [1.54, 1.807) is 19.1 Å². The van der Waals surface area contributed by atoms with E-state index in [0.717, 1.165) is 25.9 Å². The largest absolute Gasteiger partial charge is 0.378 e. The molecule has 0 radical (unpaired) electrons. The van der Waals surface area contributed by atoms with Gasteiger partial charge in [-0.15, -0.1) is 5.10 Å². The summed E-state index contributed by atoms with van der Waals surface area (Å²) in [7, 11) is 0. The number of ether oxygens (including phenoxy) is 1. The lowest BCUT2D eigenvalue weighted by atomic mass is 10.2. The SMILES string of the molecule is Cc1nc(C(=O)NCCC2CCCO2)nn1-c1ccc(F)cc1. The van der Waals surface area contributed by atoms with E-state index in [9.17, 15) is 9.18 Å². The minimum Gasteiger partial charge on any atom is -0.378 e. The summed E-state index contributed by atoms with van der Waals surface area (Å²) < 4.78 is 20.0.